The molecule has 1 aliphatic carbocycles. The topological polar surface area (TPSA) is 20.2 Å². The molecule has 0 saturated heterocycles. The first-order valence-corrected chi connectivity index (χ1v) is 6.35. The second-order valence-electron chi connectivity index (χ2n) is 5.32. The Bertz CT molecular complexity index is 383. The molecule has 1 saturated carbocycles. The lowest BCUT2D eigenvalue weighted by Crippen LogP contribution is -2.37. The Morgan fingerprint density at radius 1 is 1.25 bits per heavy atom. The van der Waals surface area contributed by atoms with Gasteiger partial charge in [0, 0.05) is 0 Å². The molecule has 2 atom stereocenters. The fraction of sp³-hybridized carbons (Fsp3) is 0.600. The van der Waals surface area contributed by atoms with E-state index in [4.69, 9.17) is 0 Å². The van der Waals surface area contributed by atoms with Crippen LogP contribution in [-0.4, -0.2) is 5.11 Å². The van der Waals surface area contributed by atoms with Gasteiger partial charge in [0.25, 0.3) is 0 Å². The van der Waals surface area contributed by atoms with E-state index < -0.39 is 5.60 Å². The van der Waals surface area contributed by atoms with E-state index in [0.717, 1.165) is 24.8 Å². The highest BCUT2D eigenvalue weighted by Gasteiger charge is 2.38. The van der Waals surface area contributed by atoms with Crippen LogP contribution in [0.1, 0.15) is 49.3 Å². The van der Waals surface area contributed by atoms with E-state index in [1.165, 1.54) is 17.5 Å². The van der Waals surface area contributed by atoms with E-state index >= 15 is 0 Å². The van der Waals surface area contributed by atoms with Crippen LogP contribution in [0.15, 0.2) is 18.2 Å². The molecule has 1 nitrogen and oxygen atoms in total. The molecule has 0 spiro atoms. The number of aryl methyl sites for hydroxylation is 1. The van der Waals surface area contributed by atoms with E-state index in [0.29, 0.717) is 5.92 Å². The molecule has 2 unspecified atom stereocenters. The minimum absolute atomic E-state index is 0.377. The van der Waals surface area contributed by atoms with E-state index in [2.05, 4.69) is 39.0 Å². The summed E-state index contributed by atoms with van der Waals surface area (Å²) in [5, 5.41) is 10.9. The van der Waals surface area contributed by atoms with Gasteiger partial charge in [-0.2, -0.15) is 0 Å². The van der Waals surface area contributed by atoms with Gasteiger partial charge in [0.05, 0.1) is 5.60 Å². The Hall–Kier alpha value is -0.820. The summed E-state index contributed by atoms with van der Waals surface area (Å²) in [6.07, 6.45) is 4.46. The monoisotopic (exact) mass is 218 g/mol. The van der Waals surface area contributed by atoms with E-state index in [9.17, 15) is 5.11 Å². The highest BCUT2D eigenvalue weighted by atomic mass is 16.3. The maximum Gasteiger partial charge on any atom is 0.0924 e. The zero-order valence-corrected chi connectivity index (χ0v) is 10.6. The summed E-state index contributed by atoms with van der Waals surface area (Å²) in [5.41, 5.74) is 3.11. The predicted molar refractivity (Wildman–Crippen MR) is 67.4 cm³/mol. The van der Waals surface area contributed by atoms with Crippen LogP contribution in [0.2, 0.25) is 0 Å². The second kappa shape index (κ2) is 4.21. The highest BCUT2D eigenvalue weighted by molar-refractivity contribution is 5.37. The third-order valence-corrected chi connectivity index (χ3v) is 4.33. The van der Waals surface area contributed by atoms with Gasteiger partial charge < -0.3 is 5.11 Å². The van der Waals surface area contributed by atoms with Crippen molar-refractivity contribution >= 4 is 0 Å². The maximum atomic E-state index is 10.9. The van der Waals surface area contributed by atoms with Crippen molar-refractivity contribution < 1.29 is 5.11 Å². The van der Waals surface area contributed by atoms with E-state index in [1.54, 1.807) is 0 Å². The van der Waals surface area contributed by atoms with Crippen molar-refractivity contribution in [3.8, 4) is 0 Å². The molecule has 1 heteroatoms. The Kier molecular flexibility index (Phi) is 3.07. The smallest absolute Gasteiger partial charge is 0.0924 e. The van der Waals surface area contributed by atoms with Gasteiger partial charge in [-0.1, -0.05) is 38.0 Å². The molecule has 0 aromatic heterocycles. The van der Waals surface area contributed by atoms with Gasteiger partial charge >= 0.3 is 0 Å². The molecule has 1 N–H and O–H groups in total. The molecule has 0 bridgehead atoms. The summed E-state index contributed by atoms with van der Waals surface area (Å²) in [4.78, 5) is 0. The summed E-state index contributed by atoms with van der Waals surface area (Å²) >= 11 is 0. The Morgan fingerprint density at radius 2 is 2.00 bits per heavy atom. The summed E-state index contributed by atoms with van der Waals surface area (Å²) < 4.78 is 0. The van der Waals surface area contributed by atoms with Gasteiger partial charge in [0.15, 0.2) is 0 Å². The van der Waals surface area contributed by atoms with Gasteiger partial charge in [0.1, 0.15) is 0 Å². The molecule has 16 heavy (non-hydrogen) atoms. The van der Waals surface area contributed by atoms with Crippen LogP contribution in [0.3, 0.4) is 0 Å². The lowest BCUT2D eigenvalue weighted by Gasteiger charge is -2.39. The van der Waals surface area contributed by atoms with Gasteiger partial charge in [-0.05, 0) is 49.3 Å². The van der Waals surface area contributed by atoms with Crippen LogP contribution in [0, 0.1) is 19.8 Å². The Balaban J connectivity index is 2.45. The molecule has 0 radical (unpaired) electrons. The lowest BCUT2D eigenvalue weighted by molar-refractivity contribution is -0.0475. The number of benzene rings is 1. The zero-order valence-electron chi connectivity index (χ0n) is 10.6. The van der Waals surface area contributed by atoms with Crippen molar-refractivity contribution in [3.63, 3.8) is 0 Å². The Morgan fingerprint density at radius 3 is 2.69 bits per heavy atom. The SMILES string of the molecule is Cc1cccc(C2(O)CCCCC2C)c1C. The van der Waals surface area contributed by atoms with Crippen LogP contribution < -0.4 is 0 Å². The van der Waals surface area contributed by atoms with Crippen molar-refractivity contribution in [1.82, 2.24) is 0 Å². The molecule has 1 aromatic carbocycles. The summed E-state index contributed by atoms with van der Waals surface area (Å²) in [7, 11) is 0. The summed E-state index contributed by atoms with van der Waals surface area (Å²) in [6, 6.07) is 6.29. The van der Waals surface area contributed by atoms with Gasteiger partial charge in [-0.15, -0.1) is 0 Å². The first-order chi connectivity index (χ1) is 7.55. The first kappa shape index (κ1) is 11.7. The number of hydrogen-bond donors (Lipinski definition) is 1. The Labute approximate surface area is 98.5 Å². The van der Waals surface area contributed by atoms with Gasteiger partial charge in [0.2, 0.25) is 0 Å². The molecule has 1 aromatic rings. The molecular weight excluding hydrogens is 196 g/mol. The van der Waals surface area contributed by atoms with Crippen molar-refractivity contribution in [1.29, 1.82) is 0 Å². The molecule has 2 rings (SSSR count). The maximum absolute atomic E-state index is 10.9. The average molecular weight is 218 g/mol. The van der Waals surface area contributed by atoms with Crippen LogP contribution in [0.5, 0.6) is 0 Å². The van der Waals surface area contributed by atoms with Crippen molar-refractivity contribution in [2.75, 3.05) is 0 Å². The minimum atomic E-state index is -0.589. The minimum Gasteiger partial charge on any atom is -0.385 e. The van der Waals surface area contributed by atoms with E-state index in [1.807, 2.05) is 0 Å². The standard InChI is InChI=1S/C15H22O/c1-11-7-6-9-14(13(11)3)15(16)10-5-4-8-12(15)2/h6-7,9,12,16H,4-5,8,10H2,1-3H3. The lowest BCUT2D eigenvalue weighted by atomic mass is 9.71. The van der Waals surface area contributed by atoms with Crippen LogP contribution in [0.4, 0.5) is 0 Å². The molecule has 0 heterocycles. The fourth-order valence-electron chi connectivity index (χ4n) is 2.95. The average Bonchev–Trinajstić information content (AvgIpc) is 2.26. The van der Waals surface area contributed by atoms with E-state index in [-0.39, 0.29) is 0 Å². The van der Waals surface area contributed by atoms with Crippen molar-refractivity contribution in [2.24, 2.45) is 5.92 Å². The largest absolute Gasteiger partial charge is 0.385 e. The number of rotatable bonds is 1. The highest BCUT2D eigenvalue weighted by Crippen LogP contribution is 2.42. The number of hydrogen-bond acceptors (Lipinski definition) is 1. The fourth-order valence-corrected chi connectivity index (χ4v) is 2.95. The quantitative estimate of drug-likeness (QED) is 0.762. The third-order valence-electron chi connectivity index (χ3n) is 4.33. The molecule has 88 valence electrons. The van der Waals surface area contributed by atoms with Crippen LogP contribution >= 0.6 is 0 Å². The summed E-state index contributed by atoms with van der Waals surface area (Å²) in [5.74, 6) is 0.377. The first-order valence-electron chi connectivity index (χ1n) is 6.35. The molecule has 1 fully saturated rings. The van der Waals surface area contributed by atoms with Crippen LogP contribution in [0.25, 0.3) is 0 Å². The van der Waals surface area contributed by atoms with Crippen molar-refractivity contribution in [3.05, 3.63) is 34.9 Å². The molecule has 0 aliphatic heterocycles. The zero-order chi connectivity index (χ0) is 11.8. The van der Waals surface area contributed by atoms with Gasteiger partial charge in [-0.25, -0.2) is 0 Å². The number of aliphatic hydroxyl groups is 1. The van der Waals surface area contributed by atoms with Crippen LogP contribution in [-0.2, 0) is 5.60 Å². The third kappa shape index (κ3) is 1.78. The summed E-state index contributed by atoms with van der Waals surface area (Å²) in [6.45, 7) is 6.43. The molecular formula is C15H22O. The van der Waals surface area contributed by atoms with Gasteiger partial charge in [-0.3, -0.25) is 0 Å². The molecule has 0 amide bonds. The van der Waals surface area contributed by atoms with Crippen molar-refractivity contribution in [2.45, 2.75) is 52.1 Å². The predicted octanol–water partition coefficient (Wildman–Crippen LogP) is 3.70. The molecule has 1 aliphatic rings. The normalized spacial score (nSPS) is 30.4. The second-order valence-corrected chi connectivity index (χ2v) is 5.32.